The molecule has 1 N–H and O–H groups in total. The minimum atomic E-state index is -0.150. The second kappa shape index (κ2) is 7.81. The van der Waals surface area contributed by atoms with Gasteiger partial charge in [-0.05, 0) is 31.2 Å². The number of pyridine rings is 1. The van der Waals surface area contributed by atoms with Gasteiger partial charge in [0.25, 0.3) is 11.8 Å². The van der Waals surface area contributed by atoms with E-state index in [-0.39, 0.29) is 11.8 Å². The van der Waals surface area contributed by atoms with Crippen LogP contribution in [0.5, 0.6) is 0 Å². The molecule has 4 heterocycles. The van der Waals surface area contributed by atoms with Gasteiger partial charge < -0.3 is 19.5 Å². The second-order valence-electron chi connectivity index (χ2n) is 6.39. The molecule has 8 nitrogen and oxygen atoms in total. The number of aryl methyl sites for hydroxylation is 1. The number of thiazole rings is 1. The standard InChI is InChI=1S/C19H19N5O3S/c1-13-4-2-6-16(20-13)22-19-21-14(12-28-19)17(25)23-7-9-24(10-8-23)18(26)15-5-3-11-27-15/h2-6,11-12H,7-10H2,1H3,(H,20,21,22). The summed E-state index contributed by atoms with van der Waals surface area (Å²) in [5.41, 5.74) is 1.30. The van der Waals surface area contributed by atoms with E-state index in [0.717, 1.165) is 5.69 Å². The van der Waals surface area contributed by atoms with E-state index < -0.39 is 0 Å². The summed E-state index contributed by atoms with van der Waals surface area (Å²) in [4.78, 5) is 37.2. The summed E-state index contributed by atoms with van der Waals surface area (Å²) in [6.45, 7) is 3.77. The number of piperazine rings is 1. The van der Waals surface area contributed by atoms with Crippen LogP contribution in [-0.4, -0.2) is 57.8 Å². The van der Waals surface area contributed by atoms with Crippen LogP contribution in [-0.2, 0) is 0 Å². The SMILES string of the molecule is Cc1cccc(Nc2nc(C(=O)N3CCN(C(=O)c4ccco4)CC3)cs2)n1. The van der Waals surface area contributed by atoms with Crippen molar-refractivity contribution in [2.75, 3.05) is 31.5 Å². The zero-order chi connectivity index (χ0) is 19.5. The molecule has 1 aliphatic rings. The lowest BCUT2D eigenvalue weighted by Gasteiger charge is -2.33. The predicted molar refractivity (Wildman–Crippen MR) is 105 cm³/mol. The van der Waals surface area contributed by atoms with Gasteiger partial charge in [0.05, 0.1) is 6.26 Å². The maximum Gasteiger partial charge on any atom is 0.289 e. The molecule has 0 aliphatic carbocycles. The molecule has 3 aromatic rings. The monoisotopic (exact) mass is 397 g/mol. The van der Waals surface area contributed by atoms with Gasteiger partial charge in [-0.2, -0.15) is 0 Å². The fraction of sp³-hybridized carbons (Fsp3) is 0.263. The highest BCUT2D eigenvalue weighted by Crippen LogP contribution is 2.21. The van der Waals surface area contributed by atoms with Crippen molar-refractivity contribution >= 4 is 34.1 Å². The van der Waals surface area contributed by atoms with Gasteiger partial charge in [0.2, 0.25) is 0 Å². The van der Waals surface area contributed by atoms with Crippen molar-refractivity contribution in [3.63, 3.8) is 0 Å². The van der Waals surface area contributed by atoms with Gasteiger partial charge in [-0.15, -0.1) is 11.3 Å². The van der Waals surface area contributed by atoms with Crippen LogP contribution in [0, 0.1) is 6.92 Å². The fourth-order valence-electron chi connectivity index (χ4n) is 2.98. The average Bonchev–Trinajstić information content (AvgIpc) is 3.39. The highest BCUT2D eigenvalue weighted by molar-refractivity contribution is 7.14. The Morgan fingerprint density at radius 2 is 1.79 bits per heavy atom. The van der Waals surface area contributed by atoms with E-state index in [1.807, 2.05) is 25.1 Å². The maximum absolute atomic E-state index is 12.7. The van der Waals surface area contributed by atoms with Crippen LogP contribution in [0.4, 0.5) is 10.9 Å². The number of carbonyl (C=O) groups is 2. The number of rotatable bonds is 4. The maximum atomic E-state index is 12.7. The number of anilines is 2. The van der Waals surface area contributed by atoms with E-state index in [1.165, 1.54) is 17.6 Å². The van der Waals surface area contributed by atoms with Crippen molar-refractivity contribution in [2.24, 2.45) is 0 Å². The summed E-state index contributed by atoms with van der Waals surface area (Å²) < 4.78 is 5.16. The molecule has 0 aromatic carbocycles. The highest BCUT2D eigenvalue weighted by Gasteiger charge is 2.27. The molecular formula is C19H19N5O3S. The number of aromatic nitrogens is 2. The summed E-state index contributed by atoms with van der Waals surface area (Å²) in [5, 5.41) is 5.48. The molecule has 0 saturated carbocycles. The molecule has 3 aromatic heterocycles. The van der Waals surface area contributed by atoms with Gasteiger partial charge in [-0.25, -0.2) is 9.97 Å². The van der Waals surface area contributed by atoms with Crippen molar-refractivity contribution in [2.45, 2.75) is 6.92 Å². The van der Waals surface area contributed by atoms with Crippen LogP contribution < -0.4 is 5.32 Å². The first kappa shape index (κ1) is 18.2. The van der Waals surface area contributed by atoms with E-state index >= 15 is 0 Å². The molecule has 0 atom stereocenters. The number of hydrogen-bond donors (Lipinski definition) is 1. The zero-order valence-electron chi connectivity index (χ0n) is 15.3. The van der Waals surface area contributed by atoms with Crippen molar-refractivity contribution in [1.29, 1.82) is 0 Å². The molecule has 1 fully saturated rings. The lowest BCUT2D eigenvalue weighted by atomic mass is 10.2. The Balaban J connectivity index is 1.35. The van der Waals surface area contributed by atoms with Gasteiger partial charge >= 0.3 is 0 Å². The molecule has 1 saturated heterocycles. The Hall–Kier alpha value is -3.20. The minimum Gasteiger partial charge on any atom is -0.459 e. The van der Waals surface area contributed by atoms with E-state index in [9.17, 15) is 9.59 Å². The Morgan fingerprint density at radius 3 is 2.46 bits per heavy atom. The van der Waals surface area contributed by atoms with E-state index in [1.54, 1.807) is 27.3 Å². The van der Waals surface area contributed by atoms with Crippen LogP contribution in [0.3, 0.4) is 0 Å². The molecule has 1 aliphatic heterocycles. The predicted octanol–water partition coefficient (Wildman–Crippen LogP) is 2.78. The van der Waals surface area contributed by atoms with E-state index in [0.29, 0.717) is 48.6 Å². The Morgan fingerprint density at radius 1 is 1.04 bits per heavy atom. The third kappa shape index (κ3) is 3.89. The van der Waals surface area contributed by atoms with Crippen molar-refractivity contribution in [1.82, 2.24) is 19.8 Å². The number of carbonyl (C=O) groups excluding carboxylic acids is 2. The smallest absolute Gasteiger partial charge is 0.289 e. The van der Waals surface area contributed by atoms with Gasteiger partial charge in [0.1, 0.15) is 11.5 Å². The van der Waals surface area contributed by atoms with Crippen molar-refractivity contribution < 1.29 is 14.0 Å². The molecule has 2 amide bonds. The second-order valence-corrected chi connectivity index (χ2v) is 7.25. The van der Waals surface area contributed by atoms with Crippen molar-refractivity contribution in [3.05, 3.63) is 59.1 Å². The first-order valence-corrected chi connectivity index (χ1v) is 9.76. The third-order valence-electron chi connectivity index (χ3n) is 4.43. The largest absolute Gasteiger partial charge is 0.459 e. The molecule has 9 heteroatoms. The fourth-order valence-corrected chi connectivity index (χ4v) is 3.67. The number of amides is 2. The summed E-state index contributed by atoms with van der Waals surface area (Å²) in [6, 6.07) is 9.01. The number of furan rings is 1. The normalized spacial score (nSPS) is 14.2. The molecule has 28 heavy (non-hydrogen) atoms. The van der Waals surface area contributed by atoms with Gasteiger partial charge in [-0.3, -0.25) is 9.59 Å². The molecular weight excluding hydrogens is 378 g/mol. The average molecular weight is 397 g/mol. The lowest BCUT2D eigenvalue weighted by molar-refractivity contribution is 0.0515. The first-order valence-electron chi connectivity index (χ1n) is 8.88. The molecule has 4 rings (SSSR count). The Labute approximate surface area is 165 Å². The molecule has 0 spiro atoms. The van der Waals surface area contributed by atoms with E-state index in [2.05, 4.69) is 15.3 Å². The highest BCUT2D eigenvalue weighted by atomic mass is 32.1. The van der Waals surface area contributed by atoms with Crippen LogP contribution >= 0.6 is 11.3 Å². The van der Waals surface area contributed by atoms with Crippen LogP contribution in [0.2, 0.25) is 0 Å². The van der Waals surface area contributed by atoms with Gasteiger partial charge in [-0.1, -0.05) is 6.07 Å². The van der Waals surface area contributed by atoms with Crippen molar-refractivity contribution in [3.8, 4) is 0 Å². The molecule has 0 bridgehead atoms. The lowest BCUT2D eigenvalue weighted by Crippen LogP contribution is -2.50. The Kier molecular flexibility index (Phi) is 5.07. The number of hydrogen-bond acceptors (Lipinski definition) is 7. The topological polar surface area (TPSA) is 91.6 Å². The number of nitrogens with one attached hydrogen (secondary N) is 1. The number of nitrogens with zero attached hydrogens (tertiary/aromatic N) is 4. The van der Waals surface area contributed by atoms with Gasteiger partial charge in [0.15, 0.2) is 10.9 Å². The van der Waals surface area contributed by atoms with Crippen LogP contribution in [0.15, 0.2) is 46.4 Å². The third-order valence-corrected chi connectivity index (χ3v) is 5.19. The first-order chi connectivity index (χ1) is 13.6. The molecule has 144 valence electrons. The minimum absolute atomic E-state index is 0.133. The molecule has 0 unspecified atom stereocenters. The van der Waals surface area contributed by atoms with Gasteiger partial charge in [0, 0.05) is 37.3 Å². The quantitative estimate of drug-likeness (QED) is 0.728. The summed E-state index contributed by atoms with van der Waals surface area (Å²) in [7, 11) is 0. The molecule has 0 radical (unpaired) electrons. The van der Waals surface area contributed by atoms with Crippen LogP contribution in [0.1, 0.15) is 26.7 Å². The summed E-state index contributed by atoms with van der Waals surface area (Å²) in [6.07, 6.45) is 1.48. The van der Waals surface area contributed by atoms with Crippen LogP contribution in [0.25, 0.3) is 0 Å². The summed E-state index contributed by atoms with van der Waals surface area (Å²) in [5.74, 6) is 0.729. The summed E-state index contributed by atoms with van der Waals surface area (Å²) >= 11 is 1.36. The zero-order valence-corrected chi connectivity index (χ0v) is 16.1. The van der Waals surface area contributed by atoms with E-state index in [4.69, 9.17) is 4.42 Å². The Bertz CT molecular complexity index is 977.